The third-order valence-corrected chi connectivity index (χ3v) is 4.86. The van der Waals surface area contributed by atoms with E-state index >= 15 is 0 Å². The monoisotopic (exact) mass is 379 g/mol. The van der Waals surface area contributed by atoms with E-state index in [2.05, 4.69) is 40.7 Å². The van der Waals surface area contributed by atoms with E-state index in [0.29, 0.717) is 10.7 Å². The van der Waals surface area contributed by atoms with Crippen LogP contribution in [-0.2, 0) is 11.2 Å². The summed E-state index contributed by atoms with van der Waals surface area (Å²) in [5.74, 6) is -0.569. The van der Waals surface area contributed by atoms with Crippen molar-refractivity contribution >= 4 is 28.3 Å². The van der Waals surface area contributed by atoms with Crippen LogP contribution < -0.4 is 10.6 Å². The second kappa shape index (κ2) is 8.60. The lowest BCUT2D eigenvalue weighted by atomic mass is 10.1. The summed E-state index contributed by atoms with van der Waals surface area (Å²) in [4.78, 5) is 29.5. The van der Waals surface area contributed by atoms with E-state index in [1.165, 1.54) is 22.5 Å². The van der Waals surface area contributed by atoms with E-state index < -0.39 is 0 Å². The molecular weight excluding hydrogens is 358 g/mol. The molecule has 0 bridgehead atoms. The Labute approximate surface area is 162 Å². The maximum absolute atomic E-state index is 12.1. The summed E-state index contributed by atoms with van der Waals surface area (Å²) in [6.45, 7) is 3.88. The molecule has 0 radical (unpaired) electrons. The smallest absolute Gasteiger partial charge is 0.251 e. The lowest BCUT2D eigenvalue weighted by Gasteiger charge is -2.05. The van der Waals surface area contributed by atoms with Gasteiger partial charge in [0.15, 0.2) is 5.13 Å². The quantitative estimate of drug-likeness (QED) is 0.686. The number of amides is 2. The molecule has 0 fully saturated rings. The fraction of sp³-hybridized carbons (Fsp3) is 0.190. The van der Waals surface area contributed by atoms with E-state index in [4.69, 9.17) is 0 Å². The summed E-state index contributed by atoms with van der Waals surface area (Å²) in [7, 11) is 0. The highest BCUT2D eigenvalue weighted by atomic mass is 32.1. The number of benzene rings is 2. The first-order valence-corrected chi connectivity index (χ1v) is 9.46. The molecular formula is C21H21N3O2S. The third-order valence-electron chi connectivity index (χ3n) is 3.95. The van der Waals surface area contributed by atoms with Crippen molar-refractivity contribution in [2.24, 2.45) is 0 Å². The molecule has 2 N–H and O–H groups in total. The average Bonchev–Trinajstić information content (AvgIpc) is 3.06. The number of thiazole rings is 1. The molecule has 0 atom stereocenters. The lowest BCUT2D eigenvalue weighted by Crippen LogP contribution is -2.32. The maximum Gasteiger partial charge on any atom is 0.251 e. The van der Waals surface area contributed by atoms with Gasteiger partial charge in [-0.1, -0.05) is 47.5 Å². The molecule has 2 aromatic carbocycles. The molecule has 0 spiro atoms. The molecule has 2 amide bonds. The van der Waals surface area contributed by atoms with Crippen molar-refractivity contribution in [2.45, 2.75) is 20.3 Å². The van der Waals surface area contributed by atoms with Gasteiger partial charge in [-0.3, -0.25) is 9.59 Å². The predicted octanol–water partition coefficient (Wildman–Crippen LogP) is 3.72. The van der Waals surface area contributed by atoms with Crippen LogP contribution in [0.5, 0.6) is 0 Å². The fourth-order valence-electron chi connectivity index (χ4n) is 2.68. The van der Waals surface area contributed by atoms with Gasteiger partial charge in [0.05, 0.1) is 6.54 Å². The van der Waals surface area contributed by atoms with Crippen molar-refractivity contribution in [3.63, 3.8) is 0 Å². The van der Waals surface area contributed by atoms with Crippen molar-refractivity contribution in [2.75, 3.05) is 11.9 Å². The van der Waals surface area contributed by atoms with E-state index in [1.54, 1.807) is 18.3 Å². The van der Waals surface area contributed by atoms with Crippen LogP contribution in [-0.4, -0.2) is 23.3 Å². The Morgan fingerprint density at radius 1 is 1.04 bits per heavy atom. The van der Waals surface area contributed by atoms with Gasteiger partial charge >= 0.3 is 0 Å². The molecule has 1 heterocycles. The van der Waals surface area contributed by atoms with Gasteiger partial charge in [0.1, 0.15) is 0 Å². The number of aromatic nitrogens is 1. The molecule has 3 rings (SSSR count). The molecule has 138 valence electrons. The SMILES string of the molecule is Cc1cccc(Cc2cnc(NC(=O)CNC(=O)c3cccc(C)c3)s2)c1. The van der Waals surface area contributed by atoms with Gasteiger partial charge in [-0.2, -0.15) is 0 Å². The first kappa shape index (κ1) is 18.8. The highest BCUT2D eigenvalue weighted by molar-refractivity contribution is 7.15. The van der Waals surface area contributed by atoms with Gasteiger partial charge in [-0.25, -0.2) is 4.98 Å². The van der Waals surface area contributed by atoms with Crippen LogP contribution in [0, 0.1) is 13.8 Å². The summed E-state index contributed by atoms with van der Waals surface area (Å²) < 4.78 is 0. The summed E-state index contributed by atoms with van der Waals surface area (Å²) in [5.41, 5.74) is 3.96. The molecule has 27 heavy (non-hydrogen) atoms. The van der Waals surface area contributed by atoms with Crippen LogP contribution in [0.1, 0.15) is 31.9 Å². The Morgan fingerprint density at radius 2 is 1.78 bits per heavy atom. The highest BCUT2D eigenvalue weighted by Gasteiger charge is 2.10. The van der Waals surface area contributed by atoms with Crippen LogP contribution in [0.15, 0.2) is 54.7 Å². The molecule has 6 heteroatoms. The van der Waals surface area contributed by atoms with Crippen molar-refractivity contribution < 1.29 is 9.59 Å². The number of hydrogen-bond donors (Lipinski definition) is 2. The van der Waals surface area contributed by atoms with Crippen LogP contribution in [0.3, 0.4) is 0 Å². The van der Waals surface area contributed by atoms with Gasteiger partial charge in [0.2, 0.25) is 5.91 Å². The van der Waals surface area contributed by atoms with Gasteiger partial charge in [-0.05, 0) is 31.5 Å². The minimum atomic E-state index is -0.299. The molecule has 0 saturated carbocycles. The molecule has 3 aromatic rings. The molecule has 0 aliphatic rings. The number of rotatable bonds is 6. The Morgan fingerprint density at radius 3 is 2.52 bits per heavy atom. The minimum Gasteiger partial charge on any atom is -0.343 e. The van der Waals surface area contributed by atoms with Crippen LogP contribution >= 0.6 is 11.3 Å². The predicted molar refractivity (Wildman–Crippen MR) is 108 cm³/mol. The zero-order chi connectivity index (χ0) is 19.2. The number of carbonyl (C=O) groups is 2. The van der Waals surface area contributed by atoms with Gasteiger partial charge in [0, 0.05) is 23.1 Å². The first-order chi connectivity index (χ1) is 13.0. The topological polar surface area (TPSA) is 71.1 Å². The zero-order valence-electron chi connectivity index (χ0n) is 15.3. The summed E-state index contributed by atoms with van der Waals surface area (Å²) >= 11 is 1.44. The van der Waals surface area contributed by atoms with Gasteiger partial charge in [0.25, 0.3) is 5.91 Å². The molecule has 0 aliphatic heterocycles. The number of nitrogens with zero attached hydrogens (tertiary/aromatic N) is 1. The van der Waals surface area contributed by atoms with Gasteiger partial charge in [-0.15, -0.1) is 11.3 Å². The summed E-state index contributed by atoms with van der Waals surface area (Å²) in [6.07, 6.45) is 2.55. The Bertz CT molecular complexity index is 965. The van der Waals surface area contributed by atoms with E-state index in [-0.39, 0.29) is 18.4 Å². The Hall–Kier alpha value is -2.99. The minimum absolute atomic E-state index is 0.0977. The summed E-state index contributed by atoms with van der Waals surface area (Å²) in [6, 6.07) is 15.5. The number of carbonyl (C=O) groups excluding carboxylic acids is 2. The van der Waals surface area contributed by atoms with E-state index in [9.17, 15) is 9.59 Å². The number of aryl methyl sites for hydroxylation is 2. The maximum atomic E-state index is 12.1. The van der Waals surface area contributed by atoms with Crippen LogP contribution in [0.25, 0.3) is 0 Å². The van der Waals surface area contributed by atoms with Crippen LogP contribution in [0.2, 0.25) is 0 Å². The van der Waals surface area contributed by atoms with Crippen molar-refractivity contribution in [1.29, 1.82) is 0 Å². The van der Waals surface area contributed by atoms with Crippen molar-refractivity contribution in [1.82, 2.24) is 10.3 Å². The molecule has 1 aromatic heterocycles. The second-order valence-corrected chi connectivity index (χ2v) is 7.51. The fourth-order valence-corrected chi connectivity index (χ4v) is 3.55. The average molecular weight is 379 g/mol. The van der Waals surface area contributed by atoms with E-state index in [1.807, 2.05) is 25.1 Å². The zero-order valence-corrected chi connectivity index (χ0v) is 16.1. The number of nitrogens with one attached hydrogen (secondary N) is 2. The van der Waals surface area contributed by atoms with Crippen molar-refractivity contribution in [3.8, 4) is 0 Å². The number of hydrogen-bond acceptors (Lipinski definition) is 4. The molecule has 0 saturated heterocycles. The largest absolute Gasteiger partial charge is 0.343 e. The molecule has 0 aliphatic carbocycles. The van der Waals surface area contributed by atoms with Gasteiger partial charge < -0.3 is 10.6 Å². The standard InChI is InChI=1S/C21H21N3O2S/c1-14-5-3-7-16(9-14)11-18-12-23-21(27-18)24-19(25)13-22-20(26)17-8-4-6-15(2)10-17/h3-10,12H,11,13H2,1-2H3,(H,22,26)(H,23,24,25). The summed E-state index contributed by atoms with van der Waals surface area (Å²) in [5, 5.41) is 5.89. The first-order valence-electron chi connectivity index (χ1n) is 8.64. The highest BCUT2D eigenvalue weighted by Crippen LogP contribution is 2.21. The van der Waals surface area contributed by atoms with Crippen molar-refractivity contribution in [3.05, 3.63) is 81.9 Å². The second-order valence-electron chi connectivity index (χ2n) is 6.40. The third kappa shape index (κ3) is 5.49. The Balaban J connectivity index is 1.51. The number of anilines is 1. The normalized spacial score (nSPS) is 10.4. The van der Waals surface area contributed by atoms with Crippen LogP contribution in [0.4, 0.5) is 5.13 Å². The van der Waals surface area contributed by atoms with E-state index in [0.717, 1.165) is 16.9 Å². The molecule has 5 nitrogen and oxygen atoms in total. The Kier molecular flexibility index (Phi) is 5.98. The lowest BCUT2D eigenvalue weighted by molar-refractivity contribution is -0.115. The molecule has 0 unspecified atom stereocenters.